The Morgan fingerprint density at radius 1 is 1.36 bits per heavy atom. The number of rotatable bonds is 8. The van der Waals surface area contributed by atoms with Crippen molar-refractivity contribution in [2.24, 2.45) is 0 Å². The molecular weight excluding hydrogens is 318 g/mol. The molecule has 0 saturated carbocycles. The summed E-state index contributed by atoms with van der Waals surface area (Å²) in [5.74, 6) is 1.62. The first-order valence-corrected chi connectivity index (χ1v) is 8.76. The fraction of sp³-hybridized carbons (Fsp3) is 0.474. The van der Waals surface area contributed by atoms with E-state index in [2.05, 4.69) is 16.7 Å². The number of nitrogens with zero attached hydrogens (tertiary/aromatic N) is 3. The molecule has 1 aliphatic rings. The van der Waals surface area contributed by atoms with Gasteiger partial charge in [-0.3, -0.25) is 0 Å². The molecule has 0 aliphatic carbocycles. The summed E-state index contributed by atoms with van der Waals surface area (Å²) < 4.78 is 13.3. The average molecular weight is 343 g/mol. The maximum Gasteiger partial charge on any atom is 0.216 e. The third kappa shape index (κ3) is 3.75. The molecule has 1 aromatic heterocycles. The Balaban J connectivity index is 1.80. The molecule has 0 bridgehead atoms. The van der Waals surface area contributed by atoms with Crippen LogP contribution in [0.15, 0.2) is 36.9 Å². The van der Waals surface area contributed by atoms with Crippen molar-refractivity contribution < 1.29 is 14.6 Å². The number of ether oxygens (including phenoxy) is 2. The van der Waals surface area contributed by atoms with Crippen LogP contribution >= 0.6 is 0 Å². The Labute approximate surface area is 148 Å². The van der Waals surface area contributed by atoms with Gasteiger partial charge in [-0.25, -0.2) is 9.67 Å². The highest BCUT2D eigenvalue weighted by atomic mass is 16.5. The van der Waals surface area contributed by atoms with E-state index in [0.29, 0.717) is 37.6 Å². The van der Waals surface area contributed by atoms with Crippen molar-refractivity contribution in [3.8, 4) is 0 Å². The zero-order chi connectivity index (χ0) is 17.8. The molecule has 0 radical (unpaired) electrons. The van der Waals surface area contributed by atoms with Crippen LogP contribution in [0.2, 0.25) is 0 Å². The Kier molecular flexibility index (Phi) is 5.50. The van der Waals surface area contributed by atoms with Crippen LogP contribution in [-0.4, -0.2) is 32.6 Å². The Morgan fingerprint density at radius 3 is 2.80 bits per heavy atom. The van der Waals surface area contributed by atoms with Gasteiger partial charge in [0, 0.05) is 6.42 Å². The van der Waals surface area contributed by atoms with Crippen molar-refractivity contribution in [3.63, 3.8) is 0 Å². The minimum atomic E-state index is -0.487. The molecule has 1 N–H and O–H groups in total. The molecule has 3 unspecified atom stereocenters. The van der Waals surface area contributed by atoms with Gasteiger partial charge in [0.1, 0.15) is 6.10 Å². The molecule has 0 fully saturated rings. The quantitative estimate of drug-likeness (QED) is 0.745. The number of aromatic nitrogens is 3. The number of hydrogen-bond acceptors (Lipinski definition) is 5. The lowest BCUT2D eigenvalue weighted by atomic mass is 10.1. The molecule has 0 saturated heterocycles. The van der Waals surface area contributed by atoms with Gasteiger partial charge in [-0.15, -0.1) is 5.10 Å². The Bertz CT molecular complexity index is 714. The molecule has 2 aromatic rings. The predicted molar refractivity (Wildman–Crippen MR) is 94.6 cm³/mol. The number of hydrogen-bond donors (Lipinski definition) is 1. The lowest BCUT2D eigenvalue weighted by molar-refractivity contribution is 0.0230. The van der Waals surface area contributed by atoms with Crippen LogP contribution in [0.5, 0.6) is 0 Å². The van der Waals surface area contributed by atoms with E-state index < -0.39 is 6.10 Å². The Morgan fingerprint density at radius 2 is 2.12 bits per heavy atom. The molecule has 6 nitrogen and oxygen atoms in total. The Hall–Kier alpha value is -2.18. The second-order valence-corrected chi connectivity index (χ2v) is 6.16. The third-order valence-electron chi connectivity index (χ3n) is 4.44. The van der Waals surface area contributed by atoms with E-state index in [0.717, 1.165) is 11.4 Å². The van der Waals surface area contributed by atoms with Gasteiger partial charge in [0.15, 0.2) is 11.6 Å². The van der Waals surface area contributed by atoms with Crippen molar-refractivity contribution in [1.82, 2.24) is 14.8 Å². The standard InChI is InChI=1S/C19H25N3O3/c1-4-16(23)15-11-17(25-12-14-9-7-6-8-10-14)19-20-18(21-22(15)19)13(3)24-5-2/h6-10,15-17,23H,3-5,11-12H2,1-2H3. The van der Waals surface area contributed by atoms with Gasteiger partial charge in [0.05, 0.1) is 25.4 Å². The zero-order valence-electron chi connectivity index (χ0n) is 14.8. The van der Waals surface area contributed by atoms with E-state index in [1.165, 1.54) is 0 Å². The summed E-state index contributed by atoms with van der Waals surface area (Å²) >= 11 is 0. The topological polar surface area (TPSA) is 69.4 Å². The molecule has 6 heteroatoms. The van der Waals surface area contributed by atoms with Gasteiger partial charge in [-0.05, 0) is 18.9 Å². The fourth-order valence-corrected chi connectivity index (χ4v) is 3.09. The lowest BCUT2D eigenvalue weighted by Gasteiger charge is -2.18. The predicted octanol–water partition coefficient (Wildman–Crippen LogP) is 3.26. The van der Waals surface area contributed by atoms with Gasteiger partial charge >= 0.3 is 0 Å². The molecular formula is C19H25N3O3. The van der Waals surface area contributed by atoms with Crippen LogP contribution in [0.4, 0.5) is 0 Å². The maximum absolute atomic E-state index is 10.4. The highest BCUT2D eigenvalue weighted by molar-refractivity contribution is 5.49. The van der Waals surface area contributed by atoms with E-state index >= 15 is 0 Å². The van der Waals surface area contributed by atoms with Crippen molar-refractivity contribution >= 4 is 5.76 Å². The summed E-state index contributed by atoms with van der Waals surface area (Å²) in [6.45, 7) is 8.73. The summed E-state index contributed by atoms with van der Waals surface area (Å²) in [5, 5.41) is 14.9. The molecule has 3 atom stereocenters. The van der Waals surface area contributed by atoms with Crippen molar-refractivity contribution in [1.29, 1.82) is 0 Å². The minimum Gasteiger partial charge on any atom is -0.490 e. The molecule has 134 valence electrons. The SMILES string of the molecule is C=C(OCC)c1nc2n(n1)C(C(O)CC)CC2OCc1ccccc1. The monoisotopic (exact) mass is 343 g/mol. The maximum atomic E-state index is 10.4. The highest BCUT2D eigenvalue weighted by Crippen LogP contribution is 2.39. The highest BCUT2D eigenvalue weighted by Gasteiger charge is 2.38. The summed E-state index contributed by atoms with van der Waals surface area (Å²) in [6.07, 6.45) is 0.622. The van der Waals surface area contributed by atoms with Crippen molar-refractivity contribution in [2.75, 3.05) is 6.61 Å². The summed E-state index contributed by atoms with van der Waals surface area (Å²) in [6, 6.07) is 9.87. The van der Waals surface area contributed by atoms with Gasteiger partial charge in [0.2, 0.25) is 5.82 Å². The van der Waals surface area contributed by atoms with Gasteiger partial charge in [-0.1, -0.05) is 43.8 Å². The van der Waals surface area contributed by atoms with Crippen LogP contribution in [0, 0.1) is 0 Å². The van der Waals surface area contributed by atoms with E-state index in [1.807, 2.05) is 44.2 Å². The zero-order valence-corrected chi connectivity index (χ0v) is 14.8. The van der Waals surface area contributed by atoms with Gasteiger partial charge in [0.25, 0.3) is 0 Å². The number of benzene rings is 1. The molecule has 0 amide bonds. The molecule has 3 rings (SSSR count). The third-order valence-corrected chi connectivity index (χ3v) is 4.44. The van der Waals surface area contributed by atoms with Crippen LogP contribution in [0.25, 0.3) is 5.76 Å². The normalized spacial score (nSPS) is 20.3. The summed E-state index contributed by atoms with van der Waals surface area (Å²) in [5.41, 5.74) is 1.10. The molecule has 2 heterocycles. The van der Waals surface area contributed by atoms with Crippen molar-refractivity contribution in [2.45, 2.75) is 51.5 Å². The second-order valence-electron chi connectivity index (χ2n) is 6.16. The van der Waals surface area contributed by atoms with E-state index in [4.69, 9.17) is 9.47 Å². The van der Waals surface area contributed by atoms with Gasteiger partial charge < -0.3 is 14.6 Å². The van der Waals surface area contributed by atoms with Crippen LogP contribution in [-0.2, 0) is 16.1 Å². The van der Waals surface area contributed by atoms with Gasteiger partial charge in [-0.2, -0.15) is 0 Å². The number of aliphatic hydroxyl groups excluding tert-OH is 1. The minimum absolute atomic E-state index is 0.142. The molecule has 1 aromatic carbocycles. The van der Waals surface area contributed by atoms with E-state index in [1.54, 1.807) is 4.68 Å². The van der Waals surface area contributed by atoms with Crippen LogP contribution in [0.3, 0.4) is 0 Å². The summed E-state index contributed by atoms with van der Waals surface area (Å²) in [4.78, 5) is 4.56. The number of aliphatic hydroxyl groups is 1. The molecule has 0 spiro atoms. The molecule has 25 heavy (non-hydrogen) atoms. The second kappa shape index (κ2) is 7.80. The van der Waals surface area contributed by atoms with Crippen LogP contribution in [0.1, 0.15) is 56.0 Å². The summed E-state index contributed by atoms with van der Waals surface area (Å²) in [7, 11) is 0. The first kappa shape index (κ1) is 17.6. The first-order valence-electron chi connectivity index (χ1n) is 8.76. The van der Waals surface area contributed by atoms with Crippen LogP contribution < -0.4 is 0 Å². The number of fused-ring (bicyclic) bond motifs is 1. The van der Waals surface area contributed by atoms with E-state index in [9.17, 15) is 5.11 Å². The smallest absolute Gasteiger partial charge is 0.216 e. The molecule has 1 aliphatic heterocycles. The first-order chi connectivity index (χ1) is 12.1. The lowest BCUT2D eigenvalue weighted by Crippen LogP contribution is -2.21. The average Bonchev–Trinajstić information content (AvgIpc) is 3.20. The van der Waals surface area contributed by atoms with E-state index in [-0.39, 0.29) is 12.1 Å². The fourth-order valence-electron chi connectivity index (χ4n) is 3.09. The van der Waals surface area contributed by atoms with Crippen molar-refractivity contribution in [3.05, 3.63) is 54.1 Å². The largest absolute Gasteiger partial charge is 0.490 e.